The first-order valence-electron chi connectivity index (χ1n) is 16.5. The number of halogens is 1. The molecule has 0 bridgehead atoms. The van der Waals surface area contributed by atoms with Crippen molar-refractivity contribution in [3.05, 3.63) is 115 Å². The highest BCUT2D eigenvalue weighted by Crippen LogP contribution is 2.56. The largest absolute Gasteiger partial charge is 0.362 e. The van der Waals surface area contributed by atoms with Gasteiger partial charge in [-0.05, 0) is 61.7 Å². The molecule has 226 valence electrons. The highest BCUT2D eigenvalue weighted by atomic mass is 79.9. The van der Waals surface area contributed by atoms with E-state index in [2.05, 4.69) is 150 Å². The Morgan fingerprint density at radius 2 is 0.976 bits per heavy atom. The van der Waals surface area contributed by atoms with Gasteiger partial charge in [-0.2, -0.15) is 0 Å². The van der Waals surface area contributed by atoms with Crippen molar-refractivity contribution in [3.8, 4) is 0 Å². The van der Waals surface area contributed by atoms with Crippen molar-refractivity contribution in [2.45, 2.75) is 95.8 Å². The normalized spacial score (nSPS) is 14.5. The van der Waals surface area contributed by atoms with E-state index in [0.717, 1.165) is 6.54 Å². The number of nitrogens with zero attached hydrogens (tertiary/aromatic N) is 1. The molecule has 1 heterocycles. The molecule has 3 heteroatoms. The summed E-state index contributed by atoms with van der Waals surface area (Å²) in [6.45, 7) is 5.66. The summed E-state index contributed by atoms with van der Waals surface area (Å²) in [6, 6.07) is 33.9. The van der Waals surface area contributed by atoms with Gasteiger partial charge in [0.1, 0.15) is 28.1 Å². The molecule has 1 unspecified atom stereocenters. The number of hydrogen-bond donors (Lipinski definition) is 0. The maximum Gasteiger partial charge on any atom is 0.112 e. The summed E-state index contributed by atoms with van der Waals surface area (Å²) in [4.78, 5) is 2.70. The van der Waals surface area contributed by atoms with Crippen LogP contribution in [-0.4, -0.2) is 22.6 Å². The second kappa shape index (κ2) is 20.7. The van der Waals surface area contributed by atoms with Gasteiger partial charge in [0.2, 0.25) is 0 Å². The molecule has 0 spiro atoms. The van der Waals surface area contributed by atoms with Gasteiger partial charge in [0.05, 0.1) is 6.16 Å². The van der Waals surface area contributed by atoms with Crippen molar-refractivity contribution in [2.24, 2.45) is 0 Å². The second-order valence-corrected chi connectivity index (χ2v) is 16.0. The molecule has 0 fully saturated rings. The van der Waals surface area contributed by atoms with Crippen LogP contribution < -0.4 is 15.9 Å². The van der Waals surface area contributed by atoms with Crippen molar-refractivity contribution in [1.29, 1.82) is 0 Å². The second-order valence-electron chi connectivity index (χ2n) is 11.4. The molecule has 1 nitrogen and oxygen atoms in total. The Morgan fingerprint density at radius 3 is 1.40 bits per heavy atom. The van der Waals surface area contributed by atoms with E-state index in [0.29, 0.717) is 4.95 Å². The molecular weight excluding hydrogens is 593 g/mol. The van der Waals surface area contributed by atoms with E-state index in [1.54, 1.807) is 0 Å². The molecule has 0 saturated carbocycles. The monoisotopic (exact) mass is 646 g/mol. The van der Waals surface area contributed by atoms with Gasteiger partial charge < -0.3 is 4.90 Å². The molecule has 0 saturated heterocycles. The fourth-order valence-electron chi connectivity index (χ4n) is 5.77. The smallest absolute Gasteiger partial charge is 0.112 e. The average Bonchev–Trinajstić information content (AvgIpc) is 3.05. The van der Waals surface area contributed by atoms with E-state index >= 15 is 0 Å². The first-order chi connectivity index (χ1) is 20.7. The fourth-order valence-corrected chi connectivity index (χ4v) is 10.7. The SMILES string of the molecule is CCCCCCCCCCCC[P+](c1ccccc1)(c1ccccc1)c1ccccc1.CCCCN1C=CC=CC1Br. The third-order valence-electron chi connectivity index (χ3n) is 8.18. The molecule has 0 amide bonds. The van der Waals surface area contributed by atoms with Gasteiger partial charge in [-0.15, -0.1) is 0 Å². The molecule has 0 N–H and O–H groups in total. The Kier molecular flexibility index (Phi) is 16.9. The van der Waals surface area contributed by atoms with E-state index in [9.17, 15) is 0 Å². The molecule has 1 aliphatic rings. The minimum atomic E-state index is -1.63. The zero-order valence-electron chi connectivity index (χ0n) is 26.2. The van der Waals surface area contributed by atoms with Crippen LogP contribution >= 0.6 is 23.2 Å². The first kappa shape index (κ1) is 34.3. The van der Waals surface area contributed by atoms with E-state index < -0.39 is 7.26 Å². The van der Waals surface area contributed by atoms with Crippen molar-refractivity contribution in [3.63, 3.8) is 0 Å². The summed E-state index contributed by atoms with van der Waals surface area (Å²) < 4.78 is 0. The minimum absolute atomic E-state index is 0.402. The summed E-state index contributed by atoms with van der Waals surface area (Å²) in [5, 5.41) is 4.55. The maximum absolute atomic E-state index is 3.57. The molecule has 3 aromatic carbocycles. The van der Waals surface area contributed by atoms with Crippen LogP contribution in [0.1, 0.15) is 90.9 Å². The quantitative estimate of drug-likeness (QED) is 0.0610. The summed E-state index contributed by atoms with van der Waals surface area (Å²) in [6.07, 6.45) is 26.1. The summed E-state index contributed by atoms with van der Waals surface area (Å²) in [7, 11) is -1.63. The van der Waals surface area contributed by atoms with Crippen LogP contribution in [0.2, 0.25) is 0 Å². The Balaban J connectivity index is 0.000000369. The zero-order valence-corrected chi connectivity index (χ0v) is 28.7. The zero-order chi connectivity index (χ0) is 29.7. The van der Waals surface area contributed by atoms with Gasteiger partial charge >= 0.3 is 0 Å². The molecule has 42 heavy (non-hydrogen) atoms. The average molecular weight is 648 g/mol. The predicted octanol–water partition coefficient (Wildman–Crippen LogP) is 10.8. The van der Waals surface area contributed by atoms with Crippen LogP contribution in [0.3, 0.4) is 0 Å². The summed E-state index contributed by atoms with van der Waals surface area (Å²) in [5.41, 5.74) is 0. The van der Waals surface area contributed by atoms with Gasteiger partial charge in [-0.25, -0.2) is 0 Å². The lowest BCUT2D eigenvalue weighted by atomic mass is 10.1. The number of benzene rings is 3. The molecule has 0 aliphatic carbocycles. The van der Waals surface area contributed by atoms with Crippen LogP contribution in [0, 0.1) is 0 Å². The first-order valence-corrected chi connectivity index (χ1v) is 19.4. The topological polar surface area (TPSA) is 3.24 Å². The number of allylic oxidation sites excluding steroid dienone is 2. The van der Waals surface area contributed by atoms with Gasteiger partial charge in [-0.1, -0.05) is 154 Å². The Labute approximate surface area is 267 Å². The van der Waals surface area contributed by atoms with Gasteiger partial charge in [0.25, 0.3) is 0 Å². The van der Waals surface area contributed by atoms with E-state index in [4.69, 9.17) is 0 Å². The summed E-state index contributed by atoms with van der Waals surface area (Å²) >= 11 is 3.57. The van der Waals surface area contributed by atoms with Crippen molar-refractivity contribution in [1.82, 2.24) is 4.90 Å². The van der Waals surface area contributed by atoms with E-state index in [1.165, 1.54) is 99.1 Å². The van der Waals surface area contributed by atoms with Crippen molar-refractivity contribution >= 4 is 39.1 Å². The van der Waals surface area contributed by atoms with E-state index in [1.807, 2.05) is 0 Å². The Bertz CT molecular complexity index is 1030. The lowest BCUT2D eigenvalue weighted by Crippen LogP contribution is -2.33. The van der Waals surface area contributed by atoms with Gasteiger partial charge in [0.15, 0.2) is 0 Å². The fraction of sp³-hybridized carbons (Fsp3) is 0.436. The lowest BCUT2D eigenvalue weighted by molar-refractivity contribution is 0.382. The molecule has 3 aromatic rings. The standard InChI is InChI=1S/C30H40P.C9H14BrN/c1-2-3-4-5-6-7-8-9-10-20-27-31(28-21-14-11-15-22-28,29-23-16-12-17-24-29)30-25-18-13-19-26-30;1-2-3-7-11-8-5-4-6-9(11)10/h11-19,21-26H,2-10,20,27H2,1H3;4-6,8-9H,2-3,7H2,1H3/q+1;. The van der Waals surface area contributed by atoms with E-state index in [-0.39, 0.29) is 0 Å². The van der Waals surface area contributed by atoms with Crippen LogP contribution in [-0.2, 0) is 0 Å². The highest BCUT2D eigenvalue weighted by Gasteiger charge is 2.44. The molecule has 1 atom stereocenters. The number of unbranched alkanes of at least 4 members (excludes halogenated alkanes) is 10. The highest BCUT2D eigenvalue weighted by molar-refractivity contribution is 9.09. The van der Waals surface area contributed by atoms with Crippen molar-refractivity contribution < 1.29 is 0 Å². The molecule has 0 radical (unpaired) electrons. The number of alkyl halides is 1. The van der Waals surface area contributed by atoms with Gasteiger partial charge in [-0.3, -0.25) is 0 Å². The van der Waals surface area contributed by atoms with Gasteiger partial charge in [0, 0.05) is 12.7 Å². The number of rotatable bonds is 17. The van der Waals surface area contributed by atoms with Crippen LogP contribution in [0.4, 0.5) is 0 Å². The van der Waals surface area contributed by atoms with Crippen LogP contribution in [0.25, 0.3) is 0 Å². The maximum atomic E-state index is 3.57. The Morgan fingerprint density at radius 1 is 0.548 bits per heavy atom. The third kappa shape index (κ3) is 11.2. The summed E-state index contributed by atoms with van der Waals surface area (Å²) in [5.74, 6) is 0. The molecular formula is C39H54BrNP+. The van der Waals surface area contributed by atoms with Crippen molar-refractivity contribution in [2.75, 3.05) is 12.7 Å². The molecule has 4 rings (SSSR count). The third-order valence-corrected chi connectivity index (χ3v) is 13.5. The van der Waals surface area contributed by atoms with Crippen LogP contribution in [0.15, 0.2) is 115 Å². The predicted molar refractivity (Wildman–Crippen MR) is 194 cm³/mol. The van der Waals surface area contributed by atoms with Crippen LogP contribution in [0.5, 0.6) is 0 Å². The molecule has 0 aromatic heterocycles. The minimum Gasteiger partial charge on any atom is -0.362 e. The molecule has 1 aliphatic heterocycles. The lowest BCUT2D eigenvalue weighted by Gasteiger charge is -2.27. The Hall–Kier alpha value is -2.15. The number of hydrogen-bond acceptors (Lipinski definition) is 1.